The summed E-state index contributed by atoms with van der Waals surface area (Å²) in [5, 5.41) is 0. The van der Waals surface area contributed by atoms with E-state index >= 15 is 0 Å². The van der Waals surface area contributed by atoms with Gasteiger partial charge in [0, 0.05) is 12.1 Å². The molecular weight excluding hydrogens is 366 g/mol. The van der Waals surface area contributed by atoms with E-state index in [9.17, 15) is 18.4 Å². The molecule has 2 N–H and O–H groups in total. The van der Waals surface area contributed by atoms with Gasteiger partial charge in [0.2, 0.25) is 5.91 Å². The number of amides is 1. The van der Waals surface area contributed by atoms with E-state index in [2.05, 4.69) is 4.74 Å². The van der Waals surface area contributed by atoms with Crippen molar-refractivity contribution in [3.05, 3.63) is 77.4 Å². The monoisotopic (exact) mass is 386 g/mol. The van der Waals surface area contributed by atoms with Crippen molar-refractivity contribution in [2.75, 3.05) is 13.7 Å². The molecule has 2 aromatic rings. The lowest BCUT2D eigenvalue weighted by Gasteiger charge is -2.27. The molecule has 1 unspecified atom stereocenters. The van der Waals surface area contributed by atoms with Gasteiger partial charge in [0.1, 0.15) is 11.6 Å². The van der Waals surface area contributed by atoms with Gasteiger partial charge in [-0.25, -0.2) is 8.78 Å². The van der Waals surface area contributed by atoms with Crippen molar-refractivity contribution < 1.29 is 23.1 Å². The first kappa shape index (κ1) is 19.7. The van der Waals surface area contributed by atoms with Crippen LogP contribution in [0, 0.1) is 11.6 Å². The number of esters is 1. The summed E-state index contributed by atoms with van der Waals surface area (Å²) in [4.78, 5) is 25.8. The van der Waals surface area contributed by atoms with Crippen molar-refractivity contribution in [1.82, 2.24) is 4.90 Å². The van der Waals surface area contributed by atoms with Crippen molar-refractivity contribution >= 4 is 17.4 Å². The van der Waals surface area contributed by atoms with Crippen LogP contribution in [0.15, 0.2) is 54.6 Å². The number of carbonyl (C=O) groups excluding carboxylic acids is 2. The lowest BCUT2D eigenvalue weighted by atomic mass is 10.0. The molecule has 0 fully saturated rings. The Bertz CT molecular complexity index is 915. The zero-order valence-corrected chi connectivity index (χ0v) is 15.3. The maximum atomic E-state index is 14.3. The predicted octanol–water partition coefficient (Wildman–Crippen LogP) is 2.82. The molecule has 1 amide bonds. The van der Waals surface area contributed by atoms with Crippen LogP contribution in [-0.4, -0.2) is 36.5 Å². The Morgan fingerprint density at radius 2 is 1.93 bits per heavy atom. The Hall–Kier alpha value is -3.06. The summed E-state index contributed by atoms with van der Waals surface area (Å²) in [6, 6.07) is 10.7. The molecule has 146 valence electrons. The van der Waals surface area contributed by atoms with Crippen molar-refractivity contribution in [3.8, 4) is 0 Å². The molecule has 2 aromatic carbocycles. The number of halogens is 2. The summed E-state index contributed by atoms with van der Waals surface area (Å²) in [5.41, 5.74) is 7.27. The molecule has 0 aromatic heterocycles. The predicted molar refractivity (Wildman–Crippen MR) is 99.8 cm³/mol. The summed E-state index contributed by atoms with van der Waals surface area (Å²) in [6.07, 6.45) is 1.45. The number of carbonyl (C=O) groups is 2. The van der Waals surface area contributed by atoms with Crippen LogP contribution in [0.3, 0.4) is 0 Å². The summed E-state index contributed by atoms with van der Waals surface area (Å²) >= 11 is 0. The molecule has 7 heteroatoms. The molecule has 0 saturated carbocycles. The molecule has 0 bridgehead atoms. The van der Waals surface area contributed by atoms with E-state index in [0.29, 0.717) is 5.57 Å². The lowest BCUT2D eigenvalue weighted by molar-refractivity contribution is -0.144. The highest BCUT2D eigenvalue weighted by atomic mass is 19.1. The molecule has 5 nitrogen and oxygen atoms in total. The van der Waals surface area contributed by atoms with Crippen molar-refractivity contribution in [3.63, 3.8) is 0 Å². The molecule has 3 rings (SSSR count). The standard InChI is InChI=1S/C21H20F2N2O3/c1-28-20(26)11-18(24)21(27)25-12-14(16-10-15(22)7-8-17(16)23)9-19(25)13-5-3-2-4-6-13/h2-10,18-19H,11-12,24H2,1H3/t18-,19?/m0/s1. The van der Waals surface area contributed by atoms with Crippen LogP contribution in [0.1, 0.15) is 23.6 Å². The zero-order valence-electron chi connectivity index (χ0n) is 15.3. The topological polar surface area (TPSA) is 72.6 Å². The Morgan fingerprint density at radius 3 is 2.61 bits per heavy atom. The van der Waals surface area contributed by atoms with Crippen LogP contribution >= 0.6 is 0 Å². The highest BCUT2D eigenvalue weighted by Gasteiger charge is 2.34. The van der Waals surface area contributed by atoms with E-state index in [1.165, 1.54) is 12.0 Å². The second kappa shape index (κ2) is 8.31. The first-order valence-corrected chi connectivity index (χ1v) is 8.74. The van der Waals surface area contributed by atoms with E-state index < -0.39 is 35.6 Å². The van der Waals surface area contributed by atoms with E-state index in [-0.39, 0.29) is 18.5 Å². The molecule has 1 aliphatic rings. The maximum Gasteiger partial charge on any atom is 0.307 e. The first-order chi connectivity index (χ1) is 13.4. The highest BCUT2D eigenvalue weighted by Crippen LogP contribution is 2.36. The van der Waals surface area contributed by atoms with Crippen LogP contribution in [0.25, 0.3) is 5.57 Å². The smallest absolute Gasteiger partial charge is 0.307 e. The summed E-state index contributed by atoms with van der Waals surface area (Å²) < 4.78 is 32.5. The van der Waals surface area contributed by atoms with E-state index in [1.807, 2.05) is 30.3 Å². The van der Waals surface area contributed by atoms with Gasteiger partial charge in [0.15, 0.2) is 0 Å². The molecule has 0 aliphatic carbocycles. The minimum atomic E-state index is -1.09. The van der Waals surface area contributed by atoms with E-state index in [0.717, 1.165) is 23.8 Å². The van der Waals surface area contributed by atoms with Crippen LogP contribution in [0.4, 0.5) is 8.78 Å². The third-order valence-corrected chi connectivity index (χ3v) is 4.67. The average molecular weight is 386 g/mol. The van der Waals surface area contributed by atoms with E-state index in [4.69, 9.17) is 5.73 Å². The van der Waals surface area contributed by atoms with Gasteiger partial charge in [0.25, 0.3) is 0 Å². The van der Waals surface area contributed by atoms with Crippen LogP contribution in [0.2, 0.25) is 0 Å². The first-order valence-electron chi connectivity index (χ1n) is 8.74. The number of hydrogen-bond acceptors (Lipinski definition) is 4. The van der Waals surface area contributed by atoms with Crippen molar-refractivity contribution in [2.45, 2.75) is 18.5 Å². The van der Waals surface area contributed by atoms with Gasteiger partial charge in [0.05, 0.1) is 25.6 Å². The number of nitrogens with zero attached hydrogens (tertiary/aromatic N) is 1. The maximum absolute atomic E-state index is 14.3. The number of benzene rings is 2. The van der Waals surface area contributed by atoms with Crippen molar-refractivity contribution in [2.24, 2.45) is 5.73 Å². The number of rotatable bonds is 5. The van der Waals surface area contributed by atoms with Gasteiger partial charge in [-0.15, -0.1) is 0 Å². The lowest BCUT2D eigenvalue weighted by Crippen LogP contribution is -2.45. The Balaban J connectivity index is 1.95. The number of nitrogens with two attached hydrogens (primary N) is 1. The highest BCUT2D eigenvalue weighted by molar-refractivity contribution is 5.89. The summed E-state index contributed by atoms with van der Waals surface area (Å²) in [7, 11) is 1.22. The van der Waals surface area contributed by atoms with Gasteiger partial charge in [-0.2, -0.15) is 0 Å². The molecule has 1 heterocycles. The minimum absolute atomic E-state index is 0.0492. The number of methoxy groups -OCH3 is 1. The number of ether oxygens (including phenoxy) is 1. The van der Waals surface area contributed by atoms with E-state index in [1.54, 1.807) is 6.08 Å². The van der Waals surface area contributed by atoms with Crippen LogP contribution in [-0.2, 0) is 14.3 Å². The average Bonchev–Trinajstić information content (AvgIpc) is 3.14. The Labute approximate surface area is 161 Å². The Morgan fingerprint density at radius 1 is 1.21 bits per heavy atom. The van der Waals surface area contributed by atoms with Crippen LogP contribution in [0.5, 0.6) is 0 Å². The largest absolute Gasteiger partial charge is 0.469 e. The third kappa shape index (κ3) is 4.09. The SMILES string of the molecule is COC(=O)C[C@H](N)C(=O)N1CC(c2cc(F)ccc2F)=CC1c1ccccc1. The Kier molecular flexibility index (Phi) is 5.84. The van der Waals surface area contributed by atoms with Gasteiger partial charge in [-0.05, 0) is 29.3 Å². The van der Waals surface area contributed by atoms with Gasteiger partial charge in [-0.1, -0.05) is 36.4 Å². The minimum Gasteiger partial charge on any atom is -0.469 e. The molecular formula is C21H20F2N2O3. The summed E-state index contributed by atoms with van der Waals surface area (Å²) in [5.74, 6) is -2.21. The fourth-order valence-corrected chi connectivity index (χ4v) is 3.24. The second-order valence-electron chi connectivity index (χ2n) is 6.52. The van der Waals surface area contributed by atoms with Crippen LogP contribution < -0.4 is 5.73 Å². The molecule has 2 atom stereocenters. The van der Waals surface area contributed by atoms with Gasteiger partial charge >= 0.3 is 5.97 Å². The summed E-state index contributed by atoms with van der Waals surface area (Å²) in [6.45, 7) is 0.0492. The fourth-order valence-electron chi connectivity index (χ4n) is 3.24. The molecule has 28 heavy (non-hydrogen) atoms. The van der Waals surface area contributed by atoms with Gasteiger partial charge in [-0.3, -0.25) is 9.59 Å². The van der Waals surface area contributed by atoms with Gasteiger partial charge < -0.3 is 15.4 Å². The third-order valence-electron chi connectivity index (χ3n) is 4.67. The number of hydrogen-bond donors (Lipinski definition) is 1. The molecule has 0 spiro atoms. The fraction of sp³-hybridized carbons (Fsp3) is 0.238. The second-order valence-corrected chi connectivity index (χ2v) is 6.52. The van der Waals surface area contributed by atoms with Crippen molar-refractivity contribution in [1.29, 1.82) is 0 Å². The molecule has 1 aliphatic heterocycles. The quantitative estimate of drug-likeness (QED) is 0.802. The molecule has 0 radical (unpaired) electrons. The molecule has 0 saturated heterocycles. The normalized spacial score (nSPS) is 17.2. The zero-order chi connectivity index (χ0) is 20.3.